The van der Waals surface area contributed by atoms with Crippen molar-refractivity contribution in [3.8, 4) is 0 Å². The topological polar surface area (TPSA) is 0 Å². The Morgan fingerprint density at radius 2 is 0.778 bits per heavy atom. The number of hydrogen-bond donors (Lipinski definition) is 0. The van der Waals surface area contributed by atoms with Crippen LogP contribution in [0.15, 0.2) is 24.3 Å². The van der Waals surface area contributed by atoms with Crippen LogP contribution in [0.1, 0.15) is 25.7 Å². The Morgan fingerprint density at radius 3 is 1.00 bits per heavy atom. The maximum Gasteiger partial charge on any atom is 2.00 e. The summed E-state index contributed by atoms with van der Waals surface area (Å²) in [4.78, 5) is 0. The van der Waals surface area contributed by atoms with Gasteiger partial charge in [0.25, 0.3) is 0 Å². The van der Waals surface area contributed by atoms with Crippen LogP contribution in [0.2, 0.25) is 0 Å². The zero-order valence-electron chi connectivity index (χ0n) is 5.45. The van der Waals surface area contributed by atoms with E-state index in [0.29, 0.717) is 0 Å². The van der Waals surface area contributed by atoms with Crippen molar-refractivity contribution >= 4 is 0 Å². The van der Waals surface area contributed by atoms with Gasteiger partial charge >= 0.3 is 16.5 Å². The van der Waals surface area contributed by atoms with E-state index in [2.05, 4.69) is 24.3 Å². The van der Waals surface area contributed by atoms with E-state index in [1.54, 1.807) is 0 Å². The molecule has 0 aliphatic heterocycles. The minimum absolute atomic E-state index is 0. The second-order valence-corrected chi connectivity index (χ2v) is 2.10. The molecule has 1 aliphatic carbocycles. The second-order valence-electron chi connectivity index (χ2n) is 2.10. The van der Waals surface area contributed by atoms with E-state index in [4.69, 9.17) is 0 Å². The fraction of sp³-hybridized carbons (Fsp3) is 0.500. The van der Waals surface area contributed by atoms with Crippen LogP contribution in [0.3, 0.4) is 0 Å². The number of rotatable bonds is 0. The predicted octanol–water partition coefficient (Wildman–Crippen LogP) is 2.67. The molecule has 0 nitrogen and oxygen atoms in total. The largest absolute Gasteiger partial charge is 2.00 e. The molecule has 1 rings (SSSR count). The van der Waals surface area contributed by atoms with Crippen molar-refractivity contribution in [3.63, 3.8) is 0 Å². The summed E-state index contributed by atoms with van der Waals surface area (Å²) in [6.07, 6.45) is 14.0. The summed E-state index contributed by atoms with van der Waals surface area (Å²) in [5, 5.41) is 0. The molecule has 0 saturated carbocycles. The molecule has 1 heteroatoms. The van der Waals surface area contributed by atoms with Crippen LogP contribution in [-0.4, -0.2) is 0 Å². The van der Waals surface area contributed by atoms with Crippen molar-refractivity contribution in [1.29, 1.82) is 0 Å². The van der Waals surface area contributed by atoms with Crippen LogP contribution in [0.4, 0.5) is 0 Å². The Hall–Kier alpha value is -0.0265. The molecule has 0 N–H and O–H groups in total. The van der Waals surface area contributed by atoms with Crippen LogP contribution in [-0.2, 0) is 16.5 Å². The fourth-order valence-electron chi connectivity index (χ4n) is 0.856. The molecule has 0 atom stereocenters. The minimum atomic E-state index is 0. The number of hydrogen-bond acceptors (Lipinski definition) is 0. The first-order valence-corrected chi connectivity index (χ1v) is 3.30. The molecule has 0 heterocycles. The van der Waals surface area contributed by atoms with Crippen LogP contribution < -0.4 is 0 Å². The van der Waals surface area contributed by atoms with Gasteiger partial charge in [-0.1, -0.05) is 24.3 Å². The molecule has 0 bridgehead atoms. The summed E-state index contributed by atoms with van der Waals surface area (Å²) in [6, 6.07) is 0. The normalized spacial score (nSPS) is 17.8. The summed E-state index contributed by atoms with van der Waals surface area (Å²) in [5.74, 6) is 0. The van der Waals surface area contributed by atoms with E-state index < -0.39 is 0 Å². The van der Waals surface area contributed by atoms with Gasteiger partial charge in [-0.15, -0.1) is 0 Å². The molecule has 0 amide bonds. The SMILES string of the molecule is C1=CCCC=CCC1.[Ni+2]. The Kier molecular flexibility index (Phi) is 6.08. The Balaban J connectivity index is 0.000000640. The van der Waals surface area contributed by atoms with Gasteiger partial charge in [-0.25, -0.2) is 0 Å². The Bertz CT molecular complexity index is 77.1. The van der Waals surface area contributed by atoms with Gasteiger partial charge in [0.1, 0.15) is 0 Å². The first-order valence-electron chi connectivity index (χ1n) is 3.30. The van der Waals surface area contributed by atoms with Crippen molar-refractivity contribution in [1.82, 2.24) is 0 Å². The average molecular weight is 167 g/mol. The van der Waals surface area contributed by atoms with Gasteiger partial charge in [-0.05, 0) is 25.7 Å². The van der Waals surface area contributed by atoms with Crippen molar-refractivity contribution in [2.45, 2.75) is 25.7 Å². The van der Waals surface area contributed by atoms with Gasteiger partial charge in [0.05, 0.1) is 0 Å². The molecule has 0 aromatic carbocycles. The van der Waals surface area contributed by atoms with Crippen LogP contribution >= 0.6 is 0 Å². The third-order valence-corrected chi connectivity index (χ3v) is 1.33. The van der Waals surface area contributed by atoms with Crippen LogP contribution in [0, 0.1) is 0 Å². The van der Waals surface area contributed by atoms with Gasteiger partial charge in [0, 0.05) is 0 Å². The molecule has 1 aliphatic rings. The molecular weight excluding hydrogens is 155 g/mol. The summed E-state index contributed by atoms with van der Waals surface area (Å²) in [6.45, 7) is 0. The van der Waals surface area contributed by atoms with Gasteiger partial charge in [0.15, 0.2) is 0 Å². The molecule has 52 valence electrons. The smallest absolute Gasteiger partial charge is 0.0882 e. The molecule has 9 heavy (non-hydrogen) atoms. The molecule has 0 unspecified atom stereocenters. The maximum atomic E-state index is 2.27. The standard InChI is InChI=1S/C8H12.Ni/c1-2-4-6-8-7-5-3-1;/h1-2,7-8H,3-6H2;/q;+2. The van der Waals surface area contributed by atoms with Gasteiger partial charge in [-0.3, -0.25) is 0 Å². The zero-order valence-corrected chi connectivity index (χ0v) is 6.44. The van der Waals surface area contributed by atoms with E-state index in [-0.39, 0.29) is 16.5 Å². The van der Waals surface area contributed by atoms with Crippen LogP contribution in [0.25, 0.3) is 0 Å². The van der Waals surface area contributed by atoms with Crippen molar-refractivity contribution in [3.05, 3.63) is 24.3 Å². The molecule has 0 aromatic rings. The first kappa shape index (κ1) is 8.97. The molecule has 0 spiro atoms. The summed E-state index contributed by atoms with van der Waals surface area (Å²) in [5.41, 5.74) is 0. The summed E-state index contributed by atoms with van der Waals surface area (Å²) in [7, 11) is 0. The number of allylic oxidation sites excluding steroid dienone is 4. The zero-order chi connectivity index (χ0) is 5.66. The van der Waals surface area contributed by atoms with E-state index in [1.165, 1.54) is 25.7 Å². The molecular formula is C8H12Ni+2. The monoisotopic (exact) mass is 166 g/mol. The predicted molar refractivity (Wildman–Crippen MR) is 36.7 cm³/mol. The Morgan fingerprint density at radius 1 is 0.556 bits per heavy atom. The van der Waals surface area contributed by atoms with Crippen molar-refractivity contribution in [2.75, 3.05) is 0 Å². The first-order chi connectivity index (χ1) is 4.00. The molecule has 0 radical (unpaired) electrons. The van der Waals surface area contributed by atoms with E-state index in [0.717, 1.165) is 0 Å². The second kappa shape index (κ2) is 6.10. The third kappa shape index (κ3) is 4.48. The van der Waals surface area contributed by atoms with Gasteiger partial charge in [-0.2, -0.15) is 0 Å². The fourth-order valence-corrected chi connectivity index (χ4v) is 0.856. The third-order valence-electron chi connectivity index (χ3n) is 1.33. The molecule has 0 aromatic heterocycles. The van der Waals surface area contributed by atoms with Crippen LogP contribution in [0.5, 0.6) is 0 Å². The van der Waals surface area contributed by atoms with Gasteiger partial charge in [0.2, 0.25) is 0 Å². The Labute approximate surface area is 67.0 Å². The molecule has 0 fully saturated rings. The summed E-state index contributed by atoms with van der Waals surface area (Å²) < 4.78 is 0. The van der Waals surface area contributed by atoms with Crippen molar-refractivity contribution < 1.29 is 16.5 Å². The maximum absolute atomic E-state index is 2.27. The van der Waals surface area contributed by atoms with E-state index in [9.17, 15) is 0 Å². The summed E-state index contributed by atoms with van der Waals surface area (Å²) >= 11 is 0. The van der Waals surface area contributed by atoms with E-state index in [1.807, 2.05) is 0 Å². The minimum Gasteiger partial charge on any atom is -0.0882 e. The quantitative estimate of drug-likeness (QED) is 0.384. The molecule has 0 saturated heterocycles. The average Bonchev–Trinajstić information content (AvgIpc) is 1.62. The van der Waals surface area contributed by atoms with Crippen molar-refractivity contribution in [2.24, 2.45) is 0 Å². The van der Waals surface area contributed by atoms with Gasteiger partial charge < -0.3 is 0 Å². The van der Waals surface area contributed by atoms with E-state index >= 15 is 0 Å².